The molecule has 1 spiro atoms. The van der Waals surface area contributed by atoms with Crippen LogP contribution >= 0.6 is 0 Å². The molecule has 0 radical (unpaired) electrons. The maximum absolute atomic E-state index is 12.8. The van der Waals surface area contributed by atoms with Gasteiger partial charge in [-0.2, -0.15) is 0 Å². The van der Waals surface area contributed by atoms with Crippen LogP contribution in [0.1, 0.15) is 28.8 Å². The molecule has 1 saturated heterocycles. The van der Waals surface area contributed by atoms with Crippen LogP contribution in [0.5, 0.6) is 0 Å². The lowest BCUT2D eigenvalue weighted by molar-refractivity contribution is -0.127. The number of carbonyl (C=O) groups is 3. The van der Waals surface area contributed by atoms with Crippen LogP contribution in [-0.4, -0.2) is 35.1 Å². The van der Waals surface area contributed by atoms with E-state index in [9.17, 15) is 19.5 Å². The van der Waals surface area contributed by atoms with Crippen molar-refractivity contribution in [1.29, 1.82) is 0 Å². The minimum Gasteiger partial charge on any atom is -0.396 e. The molecule has 2 aromatic rings. The van der Waals surface area contributed by atoms with Gasteiger partial charge in [-0.05, 0) is 42.5 Å². The Hall–Kier alpha value is -3.19. The Morgan fingerprint density at radius 1 is 1.14 bits per heavy atom. The molecule has 0 unspecified atom stereocenters. The van der Waals surface area contributed by atoms with E-state index in [0.717, 1.165) is 10.5 Å². The Morgan fingerprint density at radius 2 is 1.89 bits per heavy atom. The molecule has 7 nitrogen and oxygen atoms in total. The zero-order valence-corrected chi connectivity index (χ0v) is 15.2. The number of hydrogen-bond acceptors (Lipinski definition) is 4. The van der Waals surface area contributed by atoms with Crippen molar-refractivity contribution in [3.05, 3.63) is 65.7 Å². The van der Waals surface area contributed by atoms with E-state index >= 15 is 0 Å². The maximum Gasteiger partial charge on any atom is 0.329 e. The summed E-state index contributed by atoms with van der Waals surface area (Å²) >= 11 is 0. The Morgan fingerprint density at radius 3 is 2.61 bits per heavy atom. The van der Waals surface area contributed by atoms with Crippen LogP contribution in [0.15, 0.2) is 54.6 Å². The second-order valence-electron chi connectivity index (χ2n) is 7.33. The number of aliphatic hydroxyl groups excluding tert-OH is 1. The summed E-state index contributed by atoms with van der Waals surface area (Å²) in [5.74, 6) is -0.584. The van der Waals surface area contributed by atoms with Crippen LogP contribution in [0.3, 0.4) is 0 Å². The van der Waals surface area contributed by atoms with Crippen molar-refractivity contribution in [1.82, 2.24) is 10.6 Å². The number of nitrogens with zero attached hydrogens (tertiary/aromatic N) is 1. The van der Waals surface area contributed by atoms with Gasteiger partial charge in [0.1, 0.15) is 5.54 Å². The Balaban J connectivity index is 1.48. The Bertz CT molecular complexity index is 922. The van der Waals surface area contributed by atoms with E-state index in [1.165, 1.54) is 0 Å². The third-order valence-electron chi connectivity index (χ3n) is 5.36. The van der Waals surface area contributed by atoms with Gasteiger partial charge in [-0.3, -0.25) is 9.59 Å². The highest BCUT2D eigenvalue weighted by Crippen LogP contribution is 2.43. The van der Waals surface area contributed by atoms with Crippen LogP contribution in [0.4, 0.5) is 10.5 Å². The molecule has 2 aliphatic rings. The lowest BCUT2D eigenvalue weighted by Crippen LogP contribution is -2.57. The maximum atomic E-state index is 12.8. The summed E-state index contributed by atoms with van der Waals surface area (Å²) in [6.07, 6.45) is 0.865. The molecule has 28 heavy (non-hydrogen) atoms. The van der Waals surface area contributed by atoms with Crippen molar-refractivity contribution in [2.45, 2.75) is 24.9 Å². The van der Waals surface area contributed by atoms with Gasteiger partial charge in [-0.15, -0.1) is 0 Å². The molecule has 0 atom stereocenters. The van der Waals surface area contributed by atoms with Crippen molar-refractivity contribution < 1.29 is 19.5 Å². The third kappa shape index (κ3) is 3.14. The first-order valence-electron chi connectivity index (χ1n) is 9.22. The van der Waals surface area contributed by atoms with Crippen LogP contribution in [0.2, 0.25) is 0 Å². The van der Waals surface area contributed by atoms with E-state index in [4.69, 9.17) is 0 Å². The van der Waals surface area contributed by atoms with Crippen LogP contribution < -0.4 is 15.5 Å². The van der Waals surface area contributed by atoms with E-state index in [0.29, 0.717) is 30.6 Å². The number of hydrogen-bond donors (Lipinski definition) is 3. The fourth-order valence-corrected chi connectivity index (χ4v) is 3.85. The minimum absolute atomic E-state index is 0.00196. The first-order chi connectivity index (χ1) is 13.5. The predicted molar refractivity (Wildman–Crippen MR) is 103 cm³/mol. The molecule has 3 N–H and O–H groups in total. The average Bonchev–Trinajstić information content (AvgIpc) is 2.96. The fourth-order valence-electron chi connectivity index (χ4n) is 3.85. The van der Waals surface area contributed by atoms with Crippen LogP contribution in [0, 0.1) is 5.92 Å². The predicted octanol–water partition coefficient (Wildman–Crippen LogP) is 1.81. The van der Waals surface area contributed by atoms with E-state index < -0.39 is 11.6 Å². The van der Waals surface area contributed by atoms with Gasteiger partial charge in [-0.1, -0.05) is 36.4 Å². The van der Waals surface area contributed by atoms with Gasteiger partial charge in [0.25, 0.3) is 11.8 Å². The summed E-state index contributed by atoms with van der Waals surface area (Å²) in [6, 6.07) is 15.5. The van der Waals surface area contributed by atoms with Gasteiger partial charge in [0.05, 0.1) is 5.69 Å². The quantitative estimate of drug-likeness (QED) is 0.690. The molecular weight excluding hydrogens is 358 g/mol. The second-order valence-corrected chi connectivity index (χ2v) is 7.33. The topological polar surface area (TPSA) is 98.7 Å². The molecule has 1 saturated carbocycles. The number of aliphatic hydroxyl groups is 1. The number of benzene rings is 2. The van der Waals surface area contributed by atoms with Gasteiger partial charge in [0.2, 0.25) is 0 Å². The molecule has 1 heterocycles. The van der Waals surface area contributed by atoms with Crippen LogP contribution in [-0.2, 0) is 11.3 Å². The normalized spacial score (nSPS) is 23.5. The van der Waals surface area contributed by atoms with Gasteiger partial charge in [0, 0.05) is 18.7 Å². The van der Waals surface area contributed by atoms with Crippen LogP contribution in [0.25, 0.3) is 0 Å². The SMILES string of the molecule is O=C(NCc1ccccc1)c1cccc(N2C(=O)NC3(CC(CO)C3)C2=O)c1. The zero-order valence-electron chi connectivity index (χ0n) is 15.2. The van der Waals surface area contributed by atoms with Gasteiger partial charge >= 0.3 is 6.03 Å². The fraction of sp³-hybridized carbons (Fsp3) is 0.286. The smallest absolute Gasteiger partial charge is 0.329 e. The second kappa shape index (κ2) is 7.09. The number of nitrogens with one attached hydrogen (secondary N) is 2. The first-order valence-corrected chi connectivity index (χ1v) is 9.22. The van der Waals surface area contributed by atoms with Gasteiger partial charge in [0.15, 0.2) is 0 Å². The lowest BCUT2D eigenvalue weighted by Gasteiger charge is -2.41. The molecule has 2 aromatic carbocycles. The highest BCUT2D eigenvalue weighted by molar-refractivity contribution is 6.24. The first kappa shape index (κ1) is 18.2. The summed E-state index contributed by atoms with van der Waals surface area (Å²) in [4.78, 5) is 38.8. The van der Waals surface area contributed by atoms with Crippen molar-refractivity contribution in [3.63, 3.8) is 0 Å². The summed E-state index contributed by atoms with van der Waals surface area (Å²) in [5.41, 5.74) is 0.790. The molecule has 0 aromatic heterocycles. The van der Waals surface area contributed by atoms with Crippen molar-refractivity contribution >= 4 is 23.5 Å². The van der Waals surface area contributed by atoms with E-state index in [1.54, 1.807) is 24.3 Å². The molecule has 0 bridgehead atoms. The molecule has 1 aliphatic heterocycles. The Labute approximate surface area is 162 Å². The number of carbonyl (C=O) groups excluding carboxylic acids is 3. The average molecular weight is 379 g/mol. The monoisotopic (exact) mass is 379 g/mol. The minimum atomic E-state index is -0.921. The standard InChI is InChI=1S/C21H21N3O4/c25-13-15-10-21(11-15)19(27)24(20(28)23-21)17-8-4-7-16(9-17)18(26)22-12-14-5-2-1-3-6-14/h1-9,15,25H,10-13H2,(H,22,26)(H,23,28). The summed E-state index contributed by atoms with van der Waals surface area (Å²) in [7, 11) is 0. The summed E-state index contributed by atoms with van der Waals surface area (Å²) < 4.78 is 0. The highest BCUT2D eigenvalue weighted by Gasteiger charge is 2.58. The number of anilines is 1. The molecule has 1 aliphatic carbocycles. The van der Waals surface area contributed by atoms with E-state index in [2.05, 4.69) is 10.6 Å². The number of urea groups is 1. The number of amides is 4. The number of imide groups is 1. The number of rotatable bonds is 5. The molecule has 4 rings (SSSR count). The van der Waals surface area contributed by atoms with Gasteiger partial charge < -0.3 is 15.7 Å². The zero-order chi connectivity index (χ0) is 19.7. The van der Waals surface area contributed by atoms with E-state index in [1.807, 2.05) is 30.3 Å². The molecule has 144 valence electrons. The third-order valence-corrected chi connectivity index (χ3v) is 5.36. The molecule has 4 amide bonds. The molecular formula is C21H21N3O4. The summed E-state index contributed by atoms with van der Waals surface area (Å²) in [5, 5.41) is 14.8. The van der Waals surface area contributed by atoms with Crippen molar-refractivity contribution in [2.24, 2.45) is 5.92 Å². The largest absolute Gasteiger partial charge is 0.396 e. The lowest BCUT2D eigenvalue weighted by atomic mass is 9.68. The molecule has 2 fully saturated rings. The molecule has 7 heteroatoms. The van der Waals surface area contributed by atoms with Gasteiger partial charge in [-0.25, -0.2) is 9.69 Å². The van der Waals surface area contributed by atoms with Crippen molar-refractivity contribution in [2.75, 3.05) is 11.5 Å². The highest BCUT2D eigenvalue weighted by atomic mass is 16.3. The van der Waals surface area contributed by atoms with E-state index in [-0.39, 0.29) is 24.3 Å². The Kier molecular flexibility index (Phi) is 4.60. The van der Waals surface area contributed by atoms with Crippen molar-refractivity contribution in [3.8, 4) is 0 Å². The summed E-state index contributed by atoms with van der Waals surface area (Å²) in [6.45, 7) is 0.390.